The van der Waals surface area contributed by atoms with Crippen molar-refractivity contribution in [3.8, 4) is 0 Å². The van der Waals surface area contributed by atoms with Crippen LogP contribution in [0, 0.1) is 0 Å². The molecule has 9 unspecified atom stereocenters. The van der Waals surface area contributed by atoms with E-state index in [1.54, 1.807) is 0 Å². The van der Waals surface area contributed by atoms with Crippen LogP contribution in [0.1, 0.15) is 206 Å². The zero-order valence-electron chi connectivity index (χ0n) is 37.5. The van der Waals surface area contributed by atoms with Crippen molar-refractivity contribution in [2.45, 2.75) is 262 Å². The summed E-state index contributed by atoms with van der Waals surface area (Å²) in [5, 5.41) is 75.7. The summed E-state index contributed by atoms with van der Waals surface area (Å²) >= 11 is 0. The first kappa shape index (κ1) is 55.6. The van der Waals surface area contributed by atoms with Crippen LogP contribution in [0.15, 0.2) is 24.3 Å². The molecule has 0 bridgehead atoms. The van der Waals surface area contributed by atoms with E-state index < -0.39 is 74.2 Å². The van der Waals surface area contributed by atoms with E-state index in [-0.39, 0.29) is 12.8 Å². The Hall–Kier alpha value is -1.41. The lowest BCUT2D eigenvalue weighted by Gasteiger charge is -2.40. The Bertz CT molecular complexity index is 1010. The SMILES string of the molecule is CCCCCCCCCCC/C=C/CC/C=C/CCCC(O)C(O)C(COC1OC(CO)C(O)C(O)C1O)NC(=O)C(O)CCCCCCCCCCCCCCCC. The fraction of sp³-hybridized carbons (Fsp3) is 0.896. The van der Waals surface area contributed by atoms with E-state index >= 15 is 0 Å². The molecule has 0 aromatic rings. The van der Waals surface area contributed by atoms with Crippen molar-refractivity contribution in [2.75, 3.05) is 13.2 Å². The molecule has 0 aliphatic carbocycles. The predicted molar refractivity (Wildman–Crippen MR) is 238 cm³/mol. The first-order chi connectivity index (χ1) is 28.7. The monoisotopic (exact) mass is 842 g/mol. The molecule has 1 aliphatic rings. The van der Waals surface area contributed by atoms with Crippen LogP contribution in [0.25, 0.3) is 0 Å². The van der Waals surface area contributed by atoms with E-state index in [1.165, 1.54) is 122 Å². The number of hydrogen-bond donors (Lipinski definition) is 8. The third kappa shape index (κ3) is 28.0. The number of ether oxygens (including phenoxy) is 2. The van der Waals surface area contributed by atoms with Gasteiger partial charge in [-0.15, -0.1) is 0 Å². The van der Waals surface area contributed by atoms with Gasteiger partial charge in [-0.3, -0.25) is 4.79 Å². The van der Waals surface area contributed by atoms with Crippen molar-refractivity contribution < 1.29 is 50.0 Å². The van der Waals surface area contributed by atoms with Crippen LogP contribution in [-0.2, 0) is 14.3 Å². The van der Waals surface area contributed by atoms with Crippen LogP contribution >= 0.6 is 0 Å². The Balaban J connectivity index is 2.47. The molecular formula is C48H91NO10. The summed E-state index contributed by atoms with van der Waals surface area (Å²) in [6.45, 7) is 3.42. The van der Waals surface area contributed by atoms with Crippen molar-refractivity contribution in [3.63, 3.8) is 0 Å². The molecule has 1 rings (SSSR count). The number of aliphatic hydroxyl groups is 7. The Kier molecular flexibility index (Phi) is 36.1. The number of nitrogens with one attached hydrogen (secondary N) is 1. The first-order valence-corrected chi connectivity index (χ1v) is 24.2. The van der Waals surface area contributed by atoms with E-state index in [9.17, 15) is 40.5 Å². The third-order valence-electron chi connectivity index (χ3n) is 11.7. The summed E-state index contributed by atoms with van der Waals surface area (Å²) in [5.74, 6) is -0.710. The van der Waals surface area contributed by atoms with Gasteiger partial charge in [0, 0.05) is 0 Å². The summed E-state index contributed by atoms with van der Waals surface area (Å²) in [5.41, 5.74) is 0. The lowest BCUT2D eigenvalue weighted by Crippen LogP contribution is -2.60. The number of allylic oxidation sites excluding steroid dienone is 4. The molecule has 348 valence electrons. The van der Waals surface area contributed by atoms with Gasteiger partial charge in [0.2, 0.25) is 5.91 Å². The Labute approximate surface area is 359 Å². The lowest BCUT2D eigenvalue weighted by atomic mass is 9.98. The van der Waals surface area contributed by atoms with Gasteiger partial charge in [0.1, 0.15) is 36.6 Å². The van der Waals surface area contributed by atoms with Crippen LogP contribution in [0.4, 0.5) is 0 Å². The number of carbonyl (C=O) groups is 1. The molecule has 0 aromatic heterocycles. The van der Waals surface area contributed by atoms with Crippen LogP contribution in [0.5, 0.6) is 0 Å². The molecule has 8 N–H and O–H groups in total. The van der Waals surface area contributed by atoms with E-state index in [0.29, 0.717) is 19.3 Å². The Morgan fingerprint density at radius 2 is 1.02 bits per heavy atom. The molecule has 1 heterocycles. The Morgan fingerprint density at radius 1 is 0.576 bits per heavy atom. The van der Waals surface area contributed by atoms with Gasteiger partial charge in [-0.25, -0.2) is 0 Å². The second-order valence-electron chi connectivity index (χ2n) is 17.2. The molecule has 0 aromatic carbocycles. The van der Waals surface area contributed by atoms with Gasteiger partial charge in [0.15, 0.2) is 6.29 Å². The fourth-order valence-electron chi connectivity index (χ4n) is 7.69. The molecule has 1 fully saturated rings. The van der Waals surface area contributed by atoms with Crippen molar-refractivity contribution in [1.29, 1.82) is 0 Å². The molecule has 59 heavy (non-hydrogen) atoms. The maximum Gasteiger partial charge on any atom is 0.249 e. The van der Waals surface area contributed by atoms with Crippen molar-refractivity contribution >= 4 is 5.91 Å². The zero-order chi connectivity index (χ0) is 43.4. The molecule has 1 amide bonds. The fourth-order valence-corrected chi connectivity index (χ4v) is 7.69. The highest BCUT2D eigenvalue weighted by atomic mass is 16.7. The van der Waals surface area contributed by atoms with Crippen LogP contribution in [-0.4, -0.2) is 110 Å². The number of rotatable bonds is 40. The topological polar surface area (TPSA) is 189 Å². The highest BCUT2D eigenvalue weighted by Gasteiger charge is 2.44. The maximum absolute atomic E-state index is 13.1. The summed E-state index contributed by atoms with van der Waals surface area (Å²) in [7, 11) is 0. The van der Waals surface area contributed by atoms with Gasteiger partial charge >= 0.3 is 0 Å². The average Bonchev–Trinajstić information content (AvgIpc) is 3.23. The normalized spacial score (nSPS) is 21.9. The standard InChI is InChI=1S/C48H91NO10/c1-3-5-7-9-11-13-15-17-19-20-21-22-24-25-27-29-31-33-35-40(51)43(53)39(38-58-48-46(56)45(55)44(54)42(37-50)59-48)49-47(57)41(52)36-34-32-30-28-26-23-18-16-14-12-10-8-6-4-2/h21-22,27,29,39-46,48,50-56H,3-20,23-26,28,30-38H2,1-2H3,(H,49,57)/b22-21+,29-27+. The molecule has 1 aliphatic heterocycles. The van der Waals surface area contributed by atoms with E-state index in [0.717, 1.165) is 38.5 Å². The predicted octanol–water partition coefficient (Wildman–Crippen LogP) is 8.23. The van der Waals surface area contributed by atoms with E-state index in [4.69, 9.17) is 9.47 Å². The zero-order valence-corrected chi connectivity index (χ0v) is 37.5. The summed E-state index contributed by atoms with van der Waals surface area (Å²) < 4.78 is 11.1. The first-order valence-electron chi connectivity index (χ1n) is 24.2. The molecule has 11 heteroatoms. The van der Waals surface area contributed by atoms with Gasteiger partial charge in [0.25, 0.3) is 0 Å². The molecular weight excluding hydrogens is 751 g/mol. The average molecular weight is 842 g/mol. The number of amides is 1. The van der Waals surface area contributed by atoms with Crippen molar-refractivity contribution in [1.82, 2.24) is 5.32 Å². The quantitative estimate of drug-likeness (QED) is 0.0221. The van der Waals surface area contributed by atoms with Gasteiger partial charge in [-0.1, -0.05) is 179 Å². The molecule has 11 nitrogen and oxygen atoms in total. The van der Waals surface area contributed by atoms with Gasteiger partial charge in [-0.05, 0) is 51.4 Å². The number of unbranched alkanes of at least 4 members (excludes halogenated alkanes) is 24. The third-order valence-corrected chi connectivity index (χ3v) is 11.7. The summed E-state index contributed by atoms with van der Waals surface area (Å²) in [6.07, 6.45) is 30.8. The van der Waals surface area contributed by atoms with Gasteiger partial charge in [-0.2, -0.15) is 0 Å². The van der Waals surface area contributed by atoms with Crippen molar-refractivity contribution in [2.24, 2.45) is 0 Å². The molecule has 0 spiro atoms. The molecule has 1 saturated heterocycles. The van der Waals surface area contributed by atoms with Crippen molar-refractivity contribution in [3.05, 3.63) is 24.3 Å². The summed E-state index contributed by atoms with van der Waals surface area (Å²) in [6, 6.07) is -1.19. The highest BCUT2D eigenvalue weighted by molar-refractivity contribution is 5.80. The van der Waals surface area contributed by atoms with Gasteiger partial charge < -0.3 is 50.5 Å². The number of carbonyl (C=O) groups excluding carboxylic acids is 1. The van der Waals surface area contributed by atoms with Crippen LogP contribution in [0.2, 0.25) is 0 Å². The second kappa shape index (κ2) is 38.3. The lowest BCUT2D eigenvalue weighted by molar-refractivity contribution is -0.303. The van der Waals surface area contributed by atoms with Crippen LogP contribution < -0.4 is 5.32 Å². The van der Waals surface area contributed by atoms with E-state index in [1.807, 2.05) is 0 Å². The number of aliphatic hydroxyl groups excluding tert-OH is 7. The summed E-state index contributed by atoms with van der Waals surface area (Å²) in [4.78, 5) is 13.1. The largest absolute Gasteiger partial charge is 0.394 e. The minimum absolute atomic E-state index is 0.248. The smallest absolute Gasteiger partial charge is 0.249 e. The van der Waals surface area contributed by atoms with Gasteiger partial charge in [0.05, 0.1) is 25.4 Å². The minimum atomic E-state index is -1.67. The molecule has 0 saturated carbocycles. The molecule has 0 radical (unpaired) electrons. The maximum atomic E-state index is 13.1. The minimum Gasteiger partial charge on any atom is -0.394 e. The highest BCUT2D eigenvalue weighted by Crippen LogP contribution is 2.23. The molecule has 9 atom stereocenters. The Morgan fingerprint density at radius 3 is 1.51 bits per heavy atom. The number of hydrogen-bond acceptors (Lipinski definition) is 10. The van der Waals surface area contributed by atoms with E-state index in [2.05, 4.69) is 43.5 Å². The second-order valence-corrected chi connectivity index (χ2v) is 17.2. The van der Waals surface area contributed by atoms with Crippen LogP contribution in [0.3, 0.4) is 0 Å².